The van der Waals surface area contributed by atoms with Crippen molar-refractivity contribution in [2.45, 2.75) is 19.4 Å². The maximum absolute atomic E-state index is 12.5. The molecule has 0 saturated carbocycles. The van der Waals surface area contributed by atoms with E-state index in [2.05, 4.69) is 0 Å². The van der Waals surface area contributed by atoms with Crippen molar-refractivity contribution in [3.63, 3.8) is 0 Å². The number of thiocarbonyl (C=S) groups is 1. The molecule has 1 atom stereocenters. The Morgan fingerprint density at radius 3 is 2.91 bits per heavy atom. The van der Waals surface area contributed by atoms with Crippen molar-refractivity contribution in [2.75, 3.05) is 6.79 Å². The van der Waals surface area contributed by atoms with E-state index in [0.29, 0.717) is 22.8 Å². The van der Waals surface area contributed by atoms with Crippen molar-refractivity contribution in [3.8, 4) is 11.5 Å². The molecule has 2 heterocycles. The highest BCUT2D eigenvalue weighted by atomic mass is 32.2. The van der Waals surface area contributed by atoms with Crippen LogP contribution in [0.4, 0.5) is 0 Å². The minimum atomic E-state index is -1.06. The summed E-state index contributed by atoms with van der Waals surface area (Å²) in [6.45, 7) is 1.89. The van der Waals surface area contributed by atoms with Crippen molar-refractivity contribution in [1.29, 1.82) is 0 Å². The number of fused-ring (bicyclic) bond motifs is 1. The SMILES string of the molecule is CC[C@@H](C(=O)O)N1C(=O)/C(=C\c2ccc3c(c2)OCO3)SC1=S. The molecule has 0 aromatic heterocycles. The second-order valence-electron chi connectivity index (χ2n) is 4.93. The molecule has 0 radical (unpaired) electrons. The van der Waals surface area contributed by atoms with E-state index < -0.39 is 12.0 Å². The average molecular weight is 351 g/mol. The highest BCUT2D eigenvalue weighted by molar-refractivity contribution is 8.26. The summed E-state index contributed by atoms with van der Waals surface area (Å²) in [5.41, 5.74) is 0.762. The fourth-order valence-electron chi connectivity index (χ4n) is 2.37. The molecule has 3 rings (SSSR count). The van der Waals surface area contributed by atoms with Crippen LogP contribution >= 0.6 is 24.0 Å². The Balaban J connectivity index is 1.88. The van der Waals surface area contributed by atoms with Crippen LogP contribution in [0.2, 0.25) is 0 Å². The molecule has 0 unspecified atom stereocenters. The number of hydrogen-bond donors (Lipinski definition) is 1. The number of aliphatic carboxylic acids is 1. The number of carboxylic acid groups (broad SMARTS) is 1. The number of benzene rings is 1. The third kappa shape index (κ3) is 2.91. The van der Waals surface area contributed by atoms with Gasteiger partial charge < -0.3 is 14.6 Å². The van der Waals surface area contributed by atoms with Crippen LogP contribution in [0.1, 0.15) is 18.9 Å². The highest BCUT2D eigenvalue weighted by Crippen LogP contribution is 2.37. The molecule has 1 aromatic rings. The predicted molar refractivity (Wildman–Crippen MR) is 89.3 cm³/mol. The van der Waals surface area contributed by atoms with Gasteiger partial charge in [0.1, 0.15) is 10.4 Å². The van der Waals surface area contributed by atoms with E-state index in [4.69, 9.17) is 21.7 Å². The Labute approximate surface area is 142 Å². The monoisotopic (exact) mass is 351 g/mol. The third-order valence-electron chi connectivity index (χ3n) is 3.50. The molecule has 1 fully saturated rings. The molecule has 1 N–H and O–H groups in total. The van der Waals surface area contributed by atoms with Gasteiger partial charge in [0.25, 0.3) is 5.91 Å². The average Bonchev–Trinajstić information content (AvgIpc) is 3.07. The van der Waals surface area contributed by atoms with Crippen LogP contribution in [0.15, 0.2) is 23.1 Å². The molecule has 1 aromatic carbocycles. The van der Waals surface area contributed by atoms with E-state index in [1.165, 1.54) is 4.90 Å². The molecule has 2 aliphatic heterocycles. The van der Waals surface area contributed by atoms with Crippen LogP contribution in [0.5, 0.6) is 11.5 Å². The van der Waals surface area contributed by atoms with E-state index in [-0.39, 0.29) is 17.0 Å². The molecule has 23 heavy (non-hydrogen) atoms. The van der Waals surface area contributed by atoms with Crippen LogP contribution in [0.25, 0.3) is 6.08 Å². The zero-order chi connectivity index (χ0) is 16.6. The fraction of sp³-hybridized carbons (Fsp3) is 0.267. The summed E-state index contributed by atoms with van der Waals surface area (Å²) in [4.78, 5) is 25.3. The highest BCUT2D eigenvalue weighted by Gasteiger charge is 2.39. The summed E-state index contributed by atoms with van der Waals surface area (Å²) in [6.07, 6.45) is 1.97. The van der Waals surface area contributed by atoms with Crippen molar-refractivity contribution in [3.05, 3.63) is 28.7 Å². The van der Waals surface area contributed by atoms with Crippen LogP contribution in [-0.4, -0.2) is 39.0 Å². The first kappa shape index (κ1) is 15.8. The number of hydrogen-bond acceptors (Lipinski definition) is 6. The van der Waals surface area contributed by atoms with Gasteiger partial charge in [-0.05, 0) is 30.2 Å². The zero-order valence-corrected chi connectivity index (χ0v) is 13.8. The number of thioether (sulfide) groups is 1. The van der Waals surface area contributed by atoms with Crippen LogP contribution in [0.3, 0.4) is 0 Å². The Morgan fingerprint density at radius 2 is 2.22 bits per heavy atom. The Morgan fingerprint density at radius 1 is 1.48 bits per heavy atom. The summed E-state index contributed by atoms with van der Waals surface area (Å²) in [6, 6.07) is 4.39. The number of amides is 1. The largest absolute Gasteiger partial charge is 0.480 e. The maximum Gasteiger partial charge on any atom is 0.326 e. The number of carbonyl (C=O) groups is 2. The Kier molecular flexibility index (Phi) is 4.27. The Bertz CT molecular complexity index is 731. The summed E-state index contributed by atoms with van der Waals surface area (Å²) < 4.78 is 10.8. The first-order chi connectivity index (χ1) is 11.0. The van der Waals surface area contributed by atoms with E-state index in [0.717, 1.165) is 17.3 Å². The van der Waals surface area contributed by atoms with Gasteiger partial charge in [0.15, 0.2) is 11.5 Å². The number of nitrogens with zero attached hydrogens (tertiary/aromatic N) is 1. The maximum atomic E-state index is 12.5. The lowest BCUT2D eigenvalue weighted by molar-refractivity contribution is -0.145. The molecule has 0 bridgehead atoms. The molecule has 6 nitrogen and oxygen atoms in total. The number of carbonyl (C=O) groups excluding carboxylic acids is 1. The lowest BCUT2D eigenvalue weighted by Gasteiger charge is -2.21. The van der Waals surface area contributed by atoms with Gasteiger partial charge in [0.05, 0.1) is 4.91 Å². The van der Waals surface area contributed by atoms with E-state index in [1.807, 2.05) is 0 Å². The number of ether oxygens (including phenoxy) is 2. The zero-order valence-electron chi connectivity index (χ0n) is 12.1. The van der Waals surface area contributed by atoms with Gasteiger partial charge in [-0.3, -0.25) is 9.69 Å². The number of rotatable bonds is 4. The van der Waals surface area contributed by atoms with Gasteiger partial charge in [0, 0.05) is 0 Å². The first-order valence-electron chi connectivity index (χ1n) is 6.90. The molecule has 2 aliphatic rings. The quantitative estimate of drug-likeness (QED) is 0.660. The van der Waals surface area contributed by atoms with Gasteiger partial charge in [-0.2, -0.15) is 0 Å². The summed E-state index contributed by atoms with van der Waals surface area (Å²) in [5, 5.41) is 9.24. The minimum absolute atomic E-state index is 0.178. The standard InChI is InChI=1S/C15H13NO5S2/c1-2-9(14(18)19)16-13(17)12(23-15(16)22)6-8-3-4-10-11(5-8)21-7-20-10/h3-6,9H,2,7H2,1H3,(H,18,19)/b12-6+/t9-/m0/s1. The summed E-state index contributed by atoms with van der Waals surface area (Å²) in [5.74, 6) is -0.169. The lowest BCUT2D eigenvalue weighted by Crippen LogP contribution is -2.43. The van der Waals surface area contributed by atoms with Crippen LogP contribution < -0.4 is 9.47 Å². The molecule has 0 aliphatic carbocycles. The molecule has 1 saturated heterocycles. The van der Waals surface area contributed by atoms with E-state index in [9.17, 15) is 14.7 Å². The van der Waals surface area contributed by atoms with E-state index >= 15 is 0 Å². The smallest absolute Gasteiger partial charge is 0.326 e. The van der Waals surface area contributed by atoms with Gasteiger partial charge in [-0.25, -0.2) is 4.79 Å². The Hall–Kier alpha value is -2.06. The molecular formula is C15H13NO5S2. The third-order valence-corrected chi connectivity index (χ3v) is 4.83. The second-order valence-corrected chi connectivity index (χ2v) is 6.60. The van der Waals surface area contributed by atoms with E-state index in [1.54, 1.807) is 31.2 Å². The molecule has 1 amide bonds. The molecule has 0 spiro atoms. The second kappa shape index (κ2) is 6.21. The lowest BCUT2D eigenvalue weighted by atomic mass is 10.1. The van der Waals surface area contributed by atoms with Crippen LogP contribution in [0, 0.1) is 0 Å². The molecular weight excluding hydrogens is 338 g/mol. The predicted octanol–water partition coefficient (Wildman–Crippen LogP) is 2.48. The van der Waals surface area contributed by atoms with Gasteiger partial charge in [-0.1, -0.05) is 37.0 Å². The summed E-state index contributed by atoms with van der Waals surface area (Å²) in [7, 11) is 0. The van der Waals surface area contributed by atoms with Gasteiger partial charge >= 0.3 is 5.97 Å². The number of carboxylic acids is 1. The normalized spacial score (nSPS) is 19.5. The van der Waals surface area contributed by atoms with Crippen molar-refractivity contribution < 1.29 is 24.2 Å². The minimum Gasteiger partial charge on any atom is -0.480 e. The van der Waals surface area contributed by atoms with Crippen LogP contribution in [-0.2, 0) is 9.59 Å². The first-order valence-corrected chi connectivity index (χ1v) is 8.13. The van der Waals surface area contributed by atoms with Crippen molar-refractivity contribution in [1.82, 2.24) is 4.90 Å². The van der Waals surface area contributed by atoms with Crippen molar-refractivity contribution in [2.24, 2.45) is 0 Å². The molecule has 8 heteroatoms. The van der Waals surface area contributed by atoms with Gasteiger partial charge in [-0.15, -0.1) is 0 Å². The topological polar surface area (TPSA) is 76.1 Å². The summed E-state index contributed by atoms with van der Waals surface area (Å²) >= 11 is 6.28. The van der Waals surface area contributed by atoms with Crippen molar-refractivity contribution >= 4 is 46.3 Å². The fourth-order valence-corrected chi connectivity index (χ4v) is 3.73. The molecule has 120 valence electrons. The van der Waals surface area contributed by atoms with Gasteiger partial charge in [0.2, 0.25) is 6.79 Å².